The summed E-state index contributed by atoms with van der Waals surface area (Å²) in [6, 6.07) is 7.95. The fourth-order valence-corrected chi connectivity index (χ4v) is 3.34. The SMILES string of the molecule is O=CN1CCN(c2cnc(C(=O)N3CCc4ccccc43)cn2)CC1. The molecule has 2 aromatic rings. The van der Waals surface area contributed by atoms with E-state index in [4.69, 9.17) is 0 Å². The van der Waals surface area contributed by atoms with Gasteiger partial charge in [0.05, 0.1) is 12.4 Å². The molecular formula is C18H19N5O2. The molecule has 2 aliphatic heterocycles. The van der Waals surface area contributed by atoms with Gasteiger partial charge < -0.3 is 14.7 Å². The highest BCUT2D eigenvalue weighted by Crippen LogP contribution is 2.28. The minimum Gasteiger partial charge on any atom is -0.352 e. The van der Waals surface area contributed by atoms with Gasteiger partial charge in [0.25, 0.3) is 5.91 Å². The molecule has 0 saturated carbocycles. The van der Waals surface area contributed by atoms with Crippen molar-refractivity contribution < 1.29 is 9.59 Å². The normalized spacial score (nSPS) is 16.7. The Balaban J connectivity index is 1.47. The van der Waals surface area contributed by atoms with Crippen LogP contribution in [0.15, 0.2) is 36.7 Å². The third-order valence-electron chi connectivity index (χ3n) is 4.78. The number of hydrogen-bond acceptors (Lipinski definition) is 5. The van der Waals surface area contributed by atoms with Gasteiger partial charge in [-0.3, -0.25) is 9.59 Å². The Bertz CT molecular complexity index is 784. The number of amides is 2. The average Bonchev–Trinajstić information content (AvgIpc) is 3.12. The van der Waals surface area contributed by atoms with E-state index in [-0.39, 0.29) is 5.91 Å². The molecule has 1 saturated heterocycles. The van der Waals surface area contributed by atoms with Crippen molar-refractivity contribution in [3.05, 3.63) is 47.9 Å². The number of benzene rings is 1. The van der Waals surface area contributed by atoms with Gasteiger partial charge in [-0.05, 0) is 18.1 Å². The molecule has 25 heavy (non-hydrogen) atoms. The summed E-state index contributed by atoms with van der Waals surface area (Å²) in [5.41, 5.74) is 2.50. The fraction of sp³-hybridized carbons (Fsp3) is 0.333. The minimum absolute atomic E-state index is 0.116. The molecule has 4 rings (SSSR count). The van der Waals surface area contributed by atoms with Gasteiger partial charge in [0, 0.05) is 38.4 Å². The van der Waals surface area contributed by atoms with E-state index in [0.29, 0.717) is 25.3 Å². The molecule has 0 unspecified atom stereocenters. The van der Waals surface area contributed by atoms with Gasteiger partial charge in [-0.2, -0.15) is 0 Å². The molecule has 1 aromatic heterocycles. The van der Waals surface area contributed by atoms with E-state index in [2.05, 4.69) is 20.9 Å². The zero-order valence-corrected chi connectivity index (χ0v) is 13.8. The molecule has 1 aromatic carbocycles. The third kappa shape index (κ3) is 2.93. The van der Waals surface area contributed by atoms with Gasteiger partial charge in [0.1, 0.15) is 11.5 Å². The van der Waals surface area contributed by atoms with Gasteiger partial charge in [-0.15, -0.1) is 0 Å². The van der Waals surface area contributed by atoms with Gasteiger partial charge in [0.2, 0.25) is 6.41 Å². The quantitative estimate of drug-likeness (QED) is 0.780. The van der Waals surface area contributed by atoms with E-state index in [1.807, 2.05) is 18.2 Å². The van der Waals surface area contributed by atoms with E-state index >= 15 is 0 Å². The molecule has 2 amide bonds. The maximum Gasteiger partial charge on any atom is 0.278 e. The molecule has 0 aliphatic carbocycles. The molecule has 2 aliphatic rings. The van der Waals surface area contributed by atoms with Crippen LogP contribution in [0.25, 0.3) is 0 Å². The van der Waals surface area contributed by atoms with Crippen molar-refractivity contribution in [1.29, 1.82) is 0 Å². The van der Waals surface area contributed by atoms with Crippen LogP contribution < -0.4 is 9.80 Å². The number of rotatable bonds is 3. The highest BCUT2D eigenvalue weighted by Gasteiger charge is 2.26. The zero-order chi connectivity index (χ0) is 17.2. The summed E-state index contributed by atoms with van der Waals surface area (Å²) >= 11 is 0. The second-order valence-electron chi connectivity index (χ2n) is 6.22. The lowest BCUT2D eigenvalue weighted by Crippen LogP contribution is -2.46. The Morgan fingerprint density at radius 2 is 1.80 bits per heavy atom. The molecule has 1 fully saturated rings. The monoisotopic (exact) mass is 337 g/mol. The van der Waals surface area contributed by atoms with Crippen LogP contribution in [0.4, 0.5) is 11.5 Å². The van der Waals surface area contributed by atoms with Crippen LogP contribution in [0.1, 0.15) is 16.1 Å². The number of para-hydroxylation sites is 1. The Hall–Kier alpha value is -2.96. The van der Waals surface area contributed by atoms with Crippen LogP contribution in [0.5, 0.6) is 0 Å². The largest absolute Gasteiger partial charge is 0.352 e. The van der Waals surface area contributed by atoms with Crippen LogP contribution in [0.2, 0.25) is 0 Å². The molecular weight excluding hydrogens is 318 g/mol. The van der Waals surface area contributed by atoms with Gasteiger partial charge in [-0.1, -0.05) is 18.2 Å². The summed E-state index contributed by atoms with van der Waals surface area (Å²) in [5, 5.41) is 0. The summed E-state index contributed by atoms with van der Waals surface area (Å²) in [6.07, 6.45) is 4.93. The van der Waals surface area contributed by atoms with Crippen LogP contribution >= 0.6 is 0 Å². The summed E-state index contributed by atoms with van der Waals surface area (Å²) < 4.78 is 0. The molecule has 0 bridgehead atoms. The van der Waals surface area contributed by atoms with Crippen LogP contribution in [0.3, 0.4) is 0 Å². The van der Waals surface area contributed by atoms with E-state index < -0.39 is 0 Å². The highest BCUT2D eigenvalue weighted by molar-refractivity contribution is 6.05. The van der Waals surface area contributed by atoms with E-state index in [1.54, 1.807) is 22.2 Å². The minimum atomic E-state index is -0.116. The van der Waals surface area contributed by atoms with Crippen molar-refractivity contribution in [1.82, 2.24) is 14.9 Å². The van der Waals surface area contributed by atoms with E-state index in [0.717, 1.165) is 37.4 Å². The van der Waals surface area contributed by atoms with Crippen LogP contribution in [-0.2, 0) is 11.2 Å². The standard InChI is InChI=1S/C18H19N5O2/c24-13-21-7-9-22(10-8-21)17-12-19-15(11-20-17)18(25)23-6-5-14-3-1-2-4-16(14)23/h1-4,11-13H,5-10H2. The Morgan fingerprint density at radius 3 is 2.52 bits per heavy atom. The number of hydrogen-bond donors (Lipinski definition) is 0. The van der Waals surface area contributed by atoms with Gasteiger partial charge in [-0.25, -0.2) is 9.97 Å². The van der Waals surface area contributed by atoms with E-state index in [1.165, 1.54) is 5.56 Å². The lowest BCUT2D eigenvalue weighted by molar-refractivity contribution is -0.118. The zero-order valence-electron chi connectivity index (χ0n) is 13.8. The summed E-state index contributed by atoms with van der Waals surface area (Å²) in [7, 11) is 0. The Kier molecular flexibility index (Phi) is 4.05. The highest BCUT2D eigenvalue weighted by atomic mass is 16.2. The number of piperazine rings is 1. The predicted octanol–water partition coefficient (Wildman–Crippen LogP) is 0.958. The number of aromatic nitrogens is 2. The maximum absolute atomic E-state index is 12.7. The first kappa shape index (κ1) is 15.6. The molecule has 128 valence electrons. The first-order valence-electron chi connectivity index (χ1n) is 8.42. The molecule has 0 spiro atoms. The topological polar surface area (TPSA) is 69.6 Å². The molecule has 7 nitrogen and oxygen atoms in total. The number of fused-ring (bicyclic) bond motifs is 1. The number of carbonyl (C=O) groups excluding carboxylic acids is 2. The number of nitrogens with zero attached hydrogens (tertiary/aromatic N) is 5. The second-order valence-corrected chi connectivity index (χ2v) is 6.22. The van der Waals surface area contributed by atoms with E-state index in [9.17, 15) is 9.59 Å². The van der Waals surface area contributed by atoms with Crippen molar-refractivity contribution in [3.8, 4) is 0 Å². The lowest BCUT2D eigenvalue weighted by Gasteiger charge is -2.33. The van der Waals surface area contributed by atoms with Crippen molar-refractivity contribution in [2.75, 3.05) is 42.5 Å². The maximum atomic E-state index is 12.7. The second kappa shape index (κ2) is 6.51. The van der Waals surface area contributed by atoms with Crippen molar-refractivity contribution in [3.63, 3.8) is 0 Å². The van der Waals surface area contributed by atoms with Crippen molar-refractivity contribution in [2.24, 2.45) is 0 Å². The Morgan fingerprint density at radius 1 is 1.00 bits per heavy atom. The fourth-order valence-electron chi connectivity index (χ4n) is 3.34. The summed E-state index contributed by atoms with van der Waals surface area (Å²) in [6.45, 7) is 3.47. The molecule has 0 N–H and O–H groups in total. The predicted molar refractivity (Wildman–Crippen MR) is 93.7 cm³/mol. The first-order valence-corrected chi connectivity index (χ1v) is 8.42. The molecule has 0 atom stereocenters. The average molecular weight is 337 g/mol. The number of anilines is 2. The summed E-state index contributed by atoms with van der Waals surface area (Å²) in [5.74, 6) is 0.624. The smallest absolute Gasteiger partial charge is 0.278 e. The molecule has 0 radical (unpaired) electrons. The molecule has 7 heteroatoms. The number of carbonyl (C=O) groups is 2. The van der Waals surface area contributed by atoms with Gasteiger partial charge in [0.15, 0.2) is 0 Å². The van der Waals surface area contributed by atoms with Crippen LogP contribution in [-0.4, -0.2) is 59.9 Å². The lowest BCUT2D eigenvalue weighted by atomic mass is 10.2. The van der Waals surface area contributed by atoms with Gasteiger partial charge >= 0.3 is 0 Å². The molecule has 3 heterocycles. The summed E-state index contributed by atoms with van der Waals surface area (Å²) in [4.78, 5) is 37.8. The van der Waals surface area contributed by atoms with Crippen LogP contribution in [0, 0.1) is 0 Å². The Labute approximate surface area is 145 Å². The third-order valence-corrected chi connectivity index (χ3v) is 4.78. The van der Waals surface area contributed by atoms with Crippen molar-refractivity contribution in [2.45, 2.75) is 6.42 Å². The van der Waals surface area contributed by atoms with Crippen molar-refractivity contribution >= 4 is 23.8 Å². The first-order chi connectivity index (χ1) is 12.3.